The summed E-state index contributed by atoms with van der Waals surface area (Å²) >= 11 is 0. The van der Waals surface area contributed by atoms with Crippen molar-refractivity contribution in [2.24, 2.45) is 28.6 Å². The molecule has 1 aromatic carbocycles. The first-order valence-corrected chi connectivity index (χ1v) is 17.3. The van der Waals surface area contributed by atoms with Crippen molar-refractivity contribution >= 4 is 17.7 Å². The minimum Gasteiger partial charge on any atom is -0.462 e. The first-order chi connectivity index (χ1) is 20.9. The molecule has 1 heterocycles. The molecule has 0 radical (unpaired) electrons. The predicted molar refractivity (Wildman–Crippen MR) is 171 cm³/mol. The van der Waals surface area contributed by atoms with Gasteiger partial charge in [-0.3, -0.25) is 14.4 Å². The number of allylic oxidation sites excluding steroid dienone is 1. The number of fused-ring (bicyclic) bond motifs is 5. The maximum Gasteiger partial charge on any atom is 0.306 e. The molecule has 6 rings (SSSR count). The van der Waals surface area contributed by atoms with Crippen molar-refractivity contribution in [2.45, 2.75) is 128 Å². The lowest BCUT2D eigenvalue weighted by atomic mass is 9.47. The van der Waals surface area contributed by atoms with Crippen LogP contribution < -0.4 is 5.32 Å². The maximum atomic E-state index is 13.0. The molecule has 6 nitrogen and oxygen atoms in total. The molecule has 1 amide bonds. The van der Waals surface area contributed by atoms with Crippen LogP contribution >= 0.6 is 0 Å². The average molecular weight is 604 g/mol. The van der Waals surface area contributed by atoms with E-state index in [0.717, 1.165) is 64.2 Å². The number of benzene rings is 1. The molecule has 0 aromatic heterocycles. The van der Waals surface area contributed by atoms with Crippen LogP contribution in [0.3, 0.4) is 0 Å². The Morgan fingerprint density at radius 2 is 1.73 bits per heavy atom. The van der Waals surface area contributed by atoms with Gasteiger partial charge in [0.2, 0.25) is 5.91 Å². The van der Waals surface area contributed by atoms with Crippen molar-refractivity contribution < 1.29 is 23.9 Å². The smallest absolute Gasteiger partial charge is 0.306 e. The minimum absolute atomic E-state index is 0.00436. The standard InChI is InChI=1S/C38H53NO5/c1-35(2)25-38(21-23-43-35,26-8-6-5-7-9-26)20-22-39-33(41)14-15-34(42)44-32-13-12-30-29-11-10-27-24-28(40)16-18-36(27,3)31(29)17-19-37(30,32)4/h5-9,24,29-32H,10-23,25H2,1-4H3,(H,39,41)/t29-,30-,31-,32+,36-,37-,38+/m0/s1. The van der Waals surface area contributed by atoms with Gasteiger partial charge in [0.15, 0.2) is 5.78 Å². The lowest BCUT2D eigenvalue weighted by Gasteiger charge is -2.57. The molecule has 0 bridgehead atoms. The summed E-state index contributed by atoms with van der Waals surface area (Å²) in [6.45, 7) is 10.3. The van der Waals surface area contributed by atoms with Gasteiger partial charge in [0.1, 0.15) is 6.10 Å². The van der Waals surface area contributed by atoms with Gasteiger partial charge in [0.05, 0.1) is 12.0 Å². The number of esters is 1. The van der Waals surface area contributed by atoms with E-state index < -0.39 is 0 Å². The van der Waals surface area contributed by atoms with Gasteiger partial charge in [-0.25, -0.2) is 0 Å². The zero-order valence-electron chi connectivity index (χ0n) is 27.4. The van der Waals surface area contributed by atoms with Gasteiger partial charge >= 0.3 is 5.97 Å². The van der Waals surface area contributed by atoms with Crippen LogP contribution in [0.4, 0.5) is 0 Å². The highest BCUT2D eigenvalue weighted by Gasteiger charge is 2.60. The number of carbonyl (C=O) groups excluding carboxylic acids is 3. The largest absolute Gasteiger partial charge is 0.462 e. The van der Waals surface area contributed by atoms with E-state index in [9.17, 15) is 14.4 Å². The van der Waals surface area contributed by atoms with Crippen LogP contribution in [0, 0.1) is 28.6 Å². The van der Waals surface area contributed by atoms with Crippen LogP contribution in [0.5, 0.6) is 0 Å². The summed E-state index contributed by atoms with van der Waals surface area (Å²) in [6, 6.07) is 10.6. The molecule has 1 aliphatic heterocycles. The monoisotopic (exact) mass is 603 g/mol. The van der Waals surface area contributed by atoms with E-state index in [4.69, 9.17) is 9.47 Å². The third-order valence-electron chi connectivity index (χ3n) is 12.9. The third kappa shape index (κ3) is 5.92. The van der Waals surface area contributed by atoms with Crippen LogP contribution in [0.2, 0.25) is 0 Å². The zero-order valence-corrected chi connectivity index (χ0v) is 27.4. The quantitative estimate of drug-likeness (QED) is 0.317. The fraction of sp³-hybridized carbons (Fsp3) is 0.711. The van der Waals surface area contributed by atoms with Gasteiger partial charge in [-0.05, 0) is 113 Å². The molecular formula is C38H53NO5. The van der Waals surface area contributed by atoms with Crippen LogP contribution in [0.15, 0.2) is 42.0 Å². The molecular weight excluding hydrogens is 550 g/mol. The Morgan fingerprint density at radius 1 is 0.932 bits per heavy atom. The van der Waals surface area contributed by atoms with Gasteiger partial charge < -0.3 is 14.8 Å². The van der Waals surface area contributed by atoms with Crippen molar-refractivity contribution in [3.8, 4) is 0 Å². The molecule has 0 spiro atoms. The van der Waals surface area contributed by atoms with Gasteiger partial charge in [0.25, 0.3) is 0 Å². The molecule has 5 aliphatic rings. The molecule has 4 fully saturated rings. The Labute approximate surface area is 264 Å². The normalized spacial score (nSPS) is 37.6. The Bertz CT molecular complexity index is 1290. The van der Waals surface area contributed by atoms with Gasteiger partial charge in [0, 0.05) is 36.8 Å². The zero-order chi connectivity index (χ0) is 31.2. The molecule has 44 heavy (non-hydrogen) atoms. The van der Waals surface area contributed by atoms with Gasteiger partial charge in [-0.15, -0.1) is 0 Å². The molecule has 1 N–H and O–H groups in total. The summed E-state index contributed by atoms with van der Waals surface area (Å²) in [4.78, 5) is 38.0. The number of hydrogen-bond donors (Lipinski definition) is 1. The first kappa shape index (κ1) is 31.5. The highest BCUT2D eigenvalue weighted by Crippen LogP contribution is 2.65. The molecule has 1 saturated heterocycles. The fourth-order valence-corrected chi connectivity index (χ4v) is 10.5. The van der Waals surface area contributed by atoms with Gasteiger partial charge in [-0.1, -0.05) is 49.8 Å². The summed E-state index contributed by atoms with van der Waals surface area (Å²) in [5.74, 6) is 1.80. The summed E-state index contributed by atoms with van der Waals surface area (Å²) in [6.07, 6.45) is 13.0. The molecule has 7 atom stereocenters. The number of rotatable bonds is 8. The predicted octanol–water partition coefficient (Wildman–Crippen LogP) is 7.24. The van der Waals surface area contributed by atoms with E-state index in [2.05, 4.69) is 57.3 Å². The van der Waals surface area contributed by atoms with Crippen molar-refractivity contribution in [2.75, 3.05) is 13.2 Å². The van der Waals surface area contributed by atoms with E-state index in [1.54, 1.807) is 0 Å². The number of nitrogens with one attached hydrogen (secondary N) is 1. The number of hydrogen-bond acceptors (Lipinski definition) is 5. The number of amides is 1. The summed E-state index contributed by atoms with van der Waals surface area (Å²) < 4.78 is 12.2. The van der Waals surface area contributed by atoms with Crippen LogP contribution in [0.1, 0.15) is 117 Å². The molecule has 6 heteroatoms. The number of carbonyl (C=O) groups is 3. The second-order valence-corrected chi connectivity index (χ2v) is 15.9. The molecule has 240 valence electrons. The van der Waals surface area contributed by atoms with Gasteiger partial charge in [-0.2, -0.15) is 0 Å². The minimum atomic E-state index is -0.243. The topological polar surface area (TPSA) is 81.7 Å². The maximum absolute atomic E-state index is 13.0. The molecule has 4 aliphatic carbocycles. The lowest BCUT2D eigenvalue weighted by molar-refractivity contribution is -0.160. The Hall–Kier alpha value is -2.47. The van der Waals surface area contributed by atoms with Crippen LogP contribution in [-0.4, -0.2) is 42.5 Å². The third-order valence-corrected chi connectivity index (χ3v) is 12.9. The summed E-state index contributed by atoms with van der Waals surface area (Å²) in [7, 11) is 0. The van der Waals surface area contributed by atoms with Crippen molar-refractivity contribution in [3.05, 3.63) is 47.5 Å². The van der Waals surface area contributed by atoms with Crippen LogP contribution in [-0.2, 0) is 29.3 Å². The van der Waals surface area contributed by atoms with E-state index in [1.807, 2.05) is 12.1 Å². The van der Waals surface area contributed by atoms with E-state index >= 15 is 0 Å². The Kier molecular flexibility index (Phi) is 8.62. The van der Waals surface area contributed by atoms with E-state index in [-0.39, 0.29) is 52.7 Å². The summed E-state index contributed by atoms with van der Waals surface area (Å²) in [5.41, 5.74) is 2.61. The summed E-state index contributed by atoms with van der Waals surface area (Å²) in [5, 5.41) is 3.10. The second kappa shape index (κ2) is 12.0. The highest BCUT2D eigenvalue weighted by atomic mass is 16.5. The number of ether oxygens (including phenoxy) is 2. The highest BCUT2D eigenvalue weighted by molar-refractivity contribution is 5.91. The van der Waals surface area contributed by atoms with E-state index in [0.29, 0.717) is 43.1 Å². The first-order valence-electron chi connectivity index (χ1n) is 17.3. The second-order valence-electron chi connectivity index (χ2n) is 15.9. The van der Waals surface area contributed by atoms with Crippen LogP contribution in [0.25, 0.3) is 0 Å². The van der Waals surface area contributed by atoms with Crippen molar-refractivity contribution in [3.63, 3.8) is 0 Å². The van der Waals surface area contributed by atoms with Crippen molar-refractivity contribution in [1.29, 1.82) is 0 Å². The lowest BCUT2D eigenvalue weighted by Crippen LogP contribution is -2.51. The van der Waals surface area contributed by atoms with E-state index in [1.165, 1.54) is 11.1 Å². The Balaban J connectivity index is 0.996. The molecule has 3 saturated carbocycles. The molecule has 0 unspecified atom stereocenters. The number of ketones is 1. The molecule has 1 aromatic rings. The fourth-order valence-electron chi connectivity index (χ4n) is 10.5. The van der Waals surface area contributed by atoms with Crippen molar-refractivity contribution in [1.82, 2.24) is 5.32 Å². The average Bonchev–Trinajstić information content (AvgIpc) is 3.32. The SMILES string of the molecule is CC1(C)C[C@](CCNC(=O)CCC(=O)O[C@@H]2CC[C@H]3[C@@H]4CCC5=CC(=O)CC[C@]5(C)[C@H]4CC[C@]23C)(c2ccccc2)CCO1. The Morgan fingerprint density at radius 3 is 2.50 bits per heavy atom.